The summed E-state index contributed by atoms with van der Waals surface area (Å²) >= 11 is 15.9. The van der Waals surface area contributed by atoms with Crippen molar-refractivity contribution < 1.29 is 0 Å². The summed E-state index contributed by atoms with van der Waals surface area (Å²) in [7, 11) is 0. The lowest BCUT2D eigenvalue weighted by molar-refractivity contribution is 0.589. The molecule has 6 nitrogen and oxygen atoms in total. The lowest BCUT2D eigenvalue weighted by Crippen LogP contribution is -2.12. The second kappa shape index (κ2) is 29.1. The smallest absolute Gasteiger partial charge is 0.190 e. The average Bonchev–Trinajstić information content (AvgIpc) is 3.68. The number of rotatable bonds is 9. The quantitative estimate of drug-likeness (QED) is 0.0781. The van der Waals surface area contributed by atoms with Crippen molar-refractivity contribution in [3.63, 3.8) is 0 Å². The maximum absolute atomic E-state index is 5.21. The van der Waals surface area contributed by atoms with Gasteiger partial charge in [-0.3, -0.25) is 0 Å². The number of hydrogen-bond donors (Lipinski definition) is 0. The fourth-order valence-electron chi connectivity index (χ4n) is 8.99. The van der Waals surface area contributed by atoms with Gasteiger partial charge in [-0.25, -0.2) is 29.9 Å². The predicted octanol–water partition coefficient (Wildman–Crippen LogP) is 20.9. The molecule has 84 heavy (non-hydrogen) atoms. The molecule has 6 aromatic carbocycles. The third-order valence-corrected chi connectivity index (χ3v) is 22.3. The highest BCUT2D eigenvalue weighted by atomic mass is 32.2. The molecule has 4 heterocycles. The zero-order valence-corrected chi connectivity index (χ0v) is 56.7. The van der Waals surface area contributed by atoms with Gasteiger partial charge in [0.15, 0.2) is 15.5 Å². The molecular formula is C69H72N6S9. The molecule has 432 valence electrons. The summed E-state index contributed by atoms with van der Waals surface area (Å²) in [5.41, 5.74) is 15.3. The molecule has 0 radical (unpaired) electrons. The highest BCUT2D eigenvalue weighted by Crippen LogP contribution is 2.39. The van der Waals surface area contributed by atoms with Crippen molar-refractivity contribution in [3.8, 4) is 0 Å². The van der Waals surface area contributed by atoms with Crippen molar-refractivity contribution >= 4 is 106 Å². The minimum Gasteiger partial charge on any atom is -0.216 e. The van der Waals surface area contributed by atoms with E-state index in [2.05, 4.69) is 226 Å². The van der Waals surface area contributed by atoms with Crippen molar-refractivity contribution in [2.24, 2.45) is 0 Å². The molecule has 1 aliphatic heterocycles. The van der Waals surface area contributed by atoms with E-state index in [0.29, 0.717) is 0 Å². The van der Waals surface area contributed by atoms with Gasteiger partial charge < -0.3 is 0 Å². The molecule has 0 N–H and O–H groups in total. The lowest BCUT2D eigenvalue weighted by atomic mass is 9.85. The first-order chi connectivity index (χ1) is 40.4. The Hall–Kier alpha value is -4.29. The number of aromatic nitrogens is 6. The summed E-state index contributed by atoms with van der Waals surface area (Å²) in [4.78, 5) is 31.3. The molecule has 0 fully saturated rings. The standard InChI is InChI=1S/C69H72N6S9/c1-67(2,3)55-28-49-25-50(29-55)41-77-59-35-61(73-65(71-59)83-38-47-21-15-11-16-22-47)79-43-52-27-54(33-57(31-52)69(7,8)9)45-81-63-36-62(74-66(75-63)84-39-48-23-17-12-18-24-48)80-44-53-26-51(30-56(32-53)68(4,5)6)42-78-60-34-58(76-40-49)70-64(72-60)82-37-46-19-13-10-14-20-46/h10-36H,37-45H2,1-9H3. The minimum absolute atomic E-state index is 0.0354. The van der Waals surface area contributed by atoms with Gasteiger partial charge in [0, 0.05) is 70.0 Å². The number of fused-ring (bicyclic) bond motifs is 12. The van der Waals surface area contributed by atoms with E-state index in [1.165, 1.54) is 66.8 Å². The van der Waals surface area contributed by atoms with E-state index in [0.717, 1.165) is 97.4 Å². The molecule has 1 aliphatic rings. The Kier molecular flexibility index (Phi) is 21.8. The maximum Gasteiger partial charge on any atom is 0.190 e. The summed E-state index contributed by atoms with van der Waals surface area (Å²) in [6.07, 6.45) is 0. The molecule has 0 saturated carbocycles. The van der Waals surface area contributed by atoms with Crippen molar-refractivity contribution in [1.82, 2.24) is 29.9 Å². The summed E-state index contributed by atoms with van der Waals surface area (Å²) < 4.78 is 0. The normalized spacial score (nSPS) is 14.0. The monoisotopic (exact) mass is 1270 g/mol. The fourth-order valence-corrected chi connectivity index (χ4v) is 17.0. The summed E-state index contributed by atoms with van der Waals surface area (Å²) in [5, 5.41) is 8.30. The second-order valence-corrected chi connectivity index (χ2v) is 32.7. The molecule has 3 aromatic heterocycles. The fraction of sp³-hybridized carbons (Fsp3) is 0.304. The van der Waals surface area contributed by atoms with Crippen LogP contribution in [0, 0.1) is 0 Å². The minimum atomic E-state index is -0.0354. The first-order valence-corrected chi connectivity index (χ1v) is 37.1. The van der Waals surface area contributed by atoms with E-state index in [-0.39, 0.29) is 16.2 Å². The van der Waals surface area contributed by atoms with Crippen LogP contribution in [0.4, 0.5) is 0 Å². The molecule has 15 heteroatoms. The second-order valence-electron chi connectivity index (χ2n) is 23.9. The van der Waals surface area contributed by atoms with Gasteiger partial charge in [-0.05, 0) is 83.0 Å². The summed E-state index contributed by atoms with van der Waals surface area (Å²) in [6, 6.07) is 60.0. The van der Waals surface area contributed by atoms with Crippen molar-refractivity contribution in [2.45, 2.75) is 176 Å². The van der Waals surface area contributed by atoms with E-state index < -0.39 is 0 Å². The van der Waals surface area contributed by atoms with Gasteiger partial charge in [-0.15, -0.1) is 70.6 Å². The van der Waals surface area contributed by atoms with Crippen LogP contribution in [0.5, 0.6) is 0 Å². The van der Waals surface area contributed by atoms with E-state index in [9.17, 15) is 0 Å². The summed E-state index contributed by atoms with van der Waals surface area (Å²) in [5.74, 6) is 7.10. The number of nitrogens with zero attached hydrogens (tertiary/aromatic N) is 6. The van der Waals surface area contributed by atoms with Gasteiger partial charge in [0.1, 0.15) is 30.2 Å². The number of benzene rings is 6. The van der Waals surface area contributed by atoms with Crippen LogP contribution in [-0.4, -0.2) is 29.9 Å². The van der Waals surface area contributed by atoms with Crippen LogP contribution in [-0.2, 0) is 68.0 Å². The topological polar surface area (TPSA) is 77.3 Å². The largest absolute Gasteiger partial charge is 0.216 e. The van der Waals surface area contributed by atoms with E-state index in [4.69, 9.17) is 29.9 Å². The highest BCUT2D eigenvalue weighted by molar-refractivity contribution is 8.01. The molecule has 0 atom stereocenters. The van der Waals surface area contributed by atoms with Gasteiger partial charge in [0.05, 0.1) is 0 Å². The molecule has 10 rings (SSSR count). The van der Waals surface area contributed by atoms with Crippen molar-refractivity contribution in [1.29, 1.82) is 0 Å². The predicted molar refractivity (Wildman–Crippen MR) is 367 cm³/mol. The molecule has 0 saturated heterocycles. The Balaban J connectivity index is 1.02. The highest BCUT2D eigenvalue weighted by Gasteiger charge is 2.21. The first kappa shape index (κ1) is 62.8. The average molecular weight is 1270 g/mol. The third kappa shape index (κ3) is 19.1. The Morgan fingerprint density at radius 3 is 0.679 bits per heavy atom. The van der Waals surface area contributed by atoms with Crippen LogP contribution in [0.25, 0.3) is 0 Å². The first-order valence-electron chi connectivity index (χ1n) is 28.2. The zero-order valence-electron chi connectivity index (χ0n) is 49.3. The maximum atomic E-state index is 5.21. The van der Waals surface area contributed by atoms with Gasteiger partial charge in [-0.1, -0.05) is 243 Å². The van der Waals surface area contributed by atoms with Gasteiger partial charge in [0.25, 0.3) is 0 Å². The van der Waals surface area contributed by atoms with Crippen LogP contribution in [0.15, 0.2) is 209 Å². The number of hydrogen-bond acceptors (Lipinski definition) is 15. The van der Waals surface area contributed by atoms with Gasteiger partial charge in [0.2, 0.25) is 0 Å². The summed E-state index contributed by atoms with van der Waals surface area (Å²) in [6.45, 7) is 20.8. The Morgan fingerprint density at radius 1 is 0.286 bits per heavy atom. The van der Waals surface area contributed by atoms with Crippen LogP contribution >= 0.6 is 106 Å². The van der Waals surface area contributed by atoms with Crippen LogP contribution in [0.1, 0.15) is 129 Å². The van der Waals surface area contributed by atoms with Crippen LogP contribution in [0.3, 0.4) is 0 Å². The molecule has 12 bridgehead atoms. The SMILES string of the molecule is CC(C)(C)c1cc2cc(c1)CSc1cc(nc(SCc3ccccc3)n1)SCc1cc(cc(C(C)(C)C)c1)CSc1cc(nc(SCc3ccccc3)n1)SCc1cc(cc(C(C)(C)C)c1)CSc1cc(nc(SCc3ccccc3)n1)SC2. The van der Waals surface area contributed by atoms with Crippen molar-refractivity contribution in [3.05, 3.63) is 231 Å². The van der Waals surface area contributed by atoms with E-state index in [1.54, 1.807) is 106 Å². The molecule has 0 unspecified atom stereocenters. The molecular weight excluding hydrogens is 1200 g/mol. The third-order valence-electron chi connectivity index (χ3n) is 13.7. The van der Waals surface area contributed by atoms with Crippen molar-refractivity contribution in [2.75, 3.05) is 0 Å². The Morgan fingerprint density at radius 2 is 0.488 bits per heavy atom. The van der Waals surface area contributed by atoms with E-state index >= 15 is 0 Å². The lowest BCUT2D eigenvalue weighted by Gasteiger charge is -2.22. The molecule has 0 spiro atoms. The molecule has 0 amide bonds. The Labute approximate surface area is 537 Å². The van der Waals surface area contributed by atoms with Crippen LogP contribution in [0.2, 0.25) is 0 Å². The van der Waals surface area contributed by atoms with Gasteiger partial charge in [-0.2, -0.15) is 0 Å². The molecule has 0 aliphatic carbocycles. The van der Waals surface area contributed by atoms with Gasteiger partial charge >= 0.3 is 0 Å². The number of thioether (sulfide) groups is 9. The zero-order chi connectivity index (χ0) is 58.7. The molecule has 9 aromatic rings. The van der Waals surface area contributed by atoms with E-state index in [1.807, 2.05) is 0 Å². The Bertz CT molecular complexity index is 3140. The van der Waals surface area contributed by atoms with Crippen LogP contribution < -0.4 is 0 Å².